The fourth-order valence-corrected chi connectivity index (χ4v) is 9.94. The maximum absolute atomic E-state index is 14.4. The Hall–Kier alpha value is -5.79. The smallest absolute Gasteiger partial charge is 0.248 e. The van der Waals surface area contributed by atoms with Gasteiger partial charge in [0.25, 0.3) is 0 Å². The second-order valence-corrected chi connectivity index (χ2v) is 20.7. The number of phenols is 1. The summed E-state index contributed by atoms with van der Waals surface area (Å²) in [6.45, 7) is 6.37. The Kier molecular flexibility index (Phi) is 24.3. The summed E-state index contributed by atoms with van der Waals surface area (Å²) in [5, 5.41) is 89.0. The Balaban J connectivity index is 1.67. The third-order valence-electron chi connectivity index (χ3n) is 14.3. The lowest BCUT2D eigenvalue weighted by Gasteiger charge is -2.33. The average molecular weight is 1060 g/mol. The van der Waals surface area contributed by atoms with Crippen LogP contribution in [0.15, 0.2) is 18.2 Å². The number of rotatable bonds is 21. The Bertz CT molecular complexity index is 2150. The number of unbranched alkanes of at least 4 members (excludes halogenated alkanes) is 5. The van der Waals surface area contributed by atoms with Crippen molar-refractivity contribution in [1.29, 1.82) is 0 Å². The molecule has 3 aliphatic rings. The molecule has 0 bridgehead atoms. The van der Waals surface area contributed by atoms with E-state index in [-0.39, 0.29) is 30.5 Å². The first-order valence-corrected chi connectivity index (χ1v) is 26.2. The molecule has 14 N–H and O–H groups in total. The quantitative estimate of drug-likeness (QED) is 0.0453. The summed E-state index contributed by atoms with van der Waals surface area (Å²) in [4.78, 5) is 124. The monoisotopic (exact) mass is 1060 g/mol. The highest BCUT2D eigenvalue weighted by molar-refractivity contribution is 5.98. The molecule has 420 valence electrons. The van der Waals surface area contributed by atoms with E-state index in [4.69, 9.17) is 5.73 Å². The highest BCUT2D eigenvalue weighted by Crippen LogP contribution is 2.25. The molecule has 2 unspecified atom stereocenters. The third-order valence-corrected chi connectivity index (χ3v) is 14.3. The van der Waals surface area contributed by atoms with Crippen LogP contribution in [0.25, 0.3) is 0 Å². The van der Waals surface area contributed by atoms with Crippen LogP contribution in [0.5, 0.6) is 5.75 Å². The summed E-state index contributed by atoms with van der Waals surface area (Å²) in [5.74, 6) is -7.78. The van der Waals surface area contributed by atoms with Crippen LogP contribution in [0, 0.1) is 11.8 Å². The number of aromatic hydroxyl groups is 1. The van der Waals surface area contributed by atoms with E-state index in [0.29, 0.717) is 24.5 Å². The van der Waals surface area contributed by atoms with E-state index in [9.17, 15) is 78.9 Å². The molecule has 24 nitrogen and oxygen atoms in total. The van der Waals surface area contributed by atoms with Gasteiger partial charge in [-0.15, -0.1) is 0 Å². The van der Waals surface area contributed by atoms with E-state index in [1.54, 1.807) is 0 Å². The molecule has 0 saturated carbocycles. The first kappa shape index (κ1) is 61.8. The number of nitrogens with one attached hydrogen (secondary N) is 5. The van der Waals surface area contributed by atoms with Crippen LogP contribution in [0.1, 0.15) is 134 Å². The van der Waals surface area contributed by atoms with Gasteiger partial charge in [-0.1, -0.05) is 71.8 Å². The van der Waals surface area contributed by atoms with Gasteiger partial charge in [0.15, 0.2) is 6.29 Å². The van der Waals surface area contributed by atoms with Crippen LogP contribution >= 0.6 is 0 Å². The normalized spacial score (nSPS) is 27.5. The SMILES string of the molecule is CCC(C)CC(C)CCCCCCCCC(=O)N[C@@H]1C[C@@H](O)CNC(=O)[C@@H]2[C@@H](O)CCN2C(=O)[C@H]([C@@H](O)CC(N)=O)NC(=O)[C@H]([C@@H](O)Cc2ccc(O)c(C=O)c2)NC(=O)[C@@H]2C[C@@H](O)CN2C(=O)[C@H]([C@@H](C)O)NC1=O. The third kappa shape index (κ3) is 18.2. The molecular formula is C51H80N8O16. The zero-order valence-electron chi connectivity index (χ0n) is 43.4. The Morgan fingerprint density at radius 1 is 0.787 bits per heavy atom. The number of carbonyl (C=O) groups is 9. The standard InChI is InChI=1S/C51H80N8O16/c1-5-27(2)18-28(3)12-10-8-6-7-9-11-13-41(69)54-34-21-32(62)24-53-49(73)45-37(65)16-17-58(45)51(75)44(39(67)23-40(52)68)57-48(72)43(38(66)20-30-14-15-36(64)31(19-30)26-60)56-47(71)35-22-33(63)25-59(35)50(74)42(29(4)61)55-46(34)70/h14-15,19,26-29,32-35,37-39,42-45,61-67H,5-13,16-18,20-25H2,1-4H3,(H2,52,68)(H,53,73)(H,54,69)(H,55,70)(H,56,71)(H,57,72)/t27?,28?,29-,32-,33-,34-,35+,37+,38+,39+,42+,43+,44+,45+/m1/s1. The number of carbonyl (C=O) groups excluding carboxylic acids is 9. The van der Waals surface area contributed by atoms with Crippen LogP contribution in [0.3, 0.4) is 0 Å². The zero-order valence-corrected chi connectivity index (χ0v) is 43.4. The number of nitrogens with two attached hydrogens (primary N) is 1. The number of aldehydes is 1. The second-order valence-electron chi connectivity index (χ2n) is 20.7. The van der Waals surface area contributed by atoms with Crippen LogP contribution in [0.4, 0.5) is 0 Å². The number of β-amino-alcohol motifs (C(OH)–C–C–N with tert-alkyl or cyclic N) is 1. The summed E-state index contributed by atoms with van der Waals surface area (Å²) in [7, 11) is 0. The van der Waals surface area contributed by atoms with Gasteiger partial charge in [0, 0.05) is 45.3 Å². The first-order valence-electron chi connectivity index (χ1n) is 26.2. The lowest BCUT2D eigenvalue weighted by molar-refractivity contribution is -0.147. The number of hydrogen-bond acceptors (Lipinski definition) is 16. The minimum atomic E-state index is -2.15. The molecule has 1 aromatic carbocycles. The molecule has 4 rings (SSSR count). The molecule has 24 heteroatoms. The summed E-state index contributed by atoms with van der Waals surface area (Å²) in [6.07, 6.45) is -4.01. The predicted molar refractivity (Wildman–Crippen MR) is 268 cm³/mol. The van der Waals surface area contributed by atoms with E-state index < -0.39 is 165 Å². The molecule has 0 aliphatic carbocycles. The van der Waals surface area contributed by atoms with E-state index in [0.717, 1.165) is 67.7 Å². The van der Waals surface area contributed by atoms with Gasteiger partial charge in [0.2, 0.25) is 47.3 Å². The van der Waals surface area contributed by atoms with Crippen molar-refractivity contribution in [2.75, 3.05) is 19.6 Å². The highest BCUT2D eigenvalue weighted by atomic mass is 16.3. The van der Waals surface area contributed by atoms with Crippen molar-refractivity contribution in [2.45, 2.75) is 197 Å². The molecule has 3 aliphatic heterocycles. The largest absolute Gasteiger partial charge is 0.507 e. The Labute approximate surface area is 436 Å². The predicted octanol–water partition coefficient (Wildman–Crippen LogP) is -2.34. The Morgan fingerprint density at radius 3 is 2.08 bits per heavy atom. The number of primary amides is 1. The van der Waals surface area contributed by atoms with Gasteiger partial charge in [-0.2, -0.15) is 0 Å². The maximum atomic E-state index is 14.4. The molecule has 14 atom stereocenters. The Morgan fingerprint density at radius 2 is 1.43 bits per heavy atom. The van der Waals surface area contributed by atoms with Gasteiger partial charge in [0.1, 0.15) is 42.0 Å². The molecule has 8 amide bonds. The minimum absolute atomic E-state index is 0.00982. The van der Waals surface area contributed by atoms with E-state index in [1.165, 1.54) is 18.6 Å². The lowest BCUT2D eigenvalue weighted by Crippen LogP contribution is -2.64. The minimum Gasteiger partial charge on any atom is -0.507 e. The lowest BCUT2D eigenvalue weighted by atomic mass is 9.91. The van der Waals surface area contributed by atoms with Crippen LogP contribution in [0.2, 0.25) is 0 Å². The van der Waals surface area contributed by atoms with Crippen molar-refractivity contribution in [3.8, 4) is 5.75 Å². The van der Waals surface area contributed by atoms with Gasteiger partial charge in [-0.25, -0.2) is 0 Å². The fraction of sp³-hybridized carbons (Fsp3) is 0.706. The van der Waals surface area contributed by atoms with Crippen molar-refractivity contribution in [3.05, 3.63) is 29.3 Å². The number of fused-ring (bicyclic) bond motifs is 2. The van der Waals surface area contributed by atoms with Crippen molar-refractivity contribution in [1.82, 2.24) is 36.4 Å². The van der Waals surface area contributed by atoms with Gasteiger partial charge >= 0.3 is 0 Å². The first-order chi connectivity index (χ1) is 35.4. The summed E-state index contributed by atoms with van der Waals surface area (Å²) < 4.78 is 0. The molecular weight excluding hydrogens is 981 g/mol. The van der Waals surface area contributed by atoms with Crippen LogP contribution in [-0.2, 0) is 44.8 Å². The van der Waals surface area contributed by atoms with Gasteiger partial charge in [-0.3, -0.25) is 43.2 Å². The second kappa shape index (κ2) is 29.5. The average Bonchev–Trinajstić information content (AvgIpc) is 3.95. The molecule has 3 saturated heterocycles. The summed E-state index contributed by atoms with van der Waals surface area (Å²) in [5.41, 5.74) is 5.30. The highest BCUT2D eigenvalue weighted by Gasteiger charge is 2.48. The molecule has 3 heterocycles. The van der Waals surface area contributed by atoms with Crippen molar-refractivity contribution in [3.63, 3.8) is 0 Å². The number of benzene rings is 1. The van der Waals surface area contributed by atoms with Crippen LogP contribution < -0.4 is 32.3 Å². The number of aliphatic hydroxyl groups is 6. The number of nitrogens with zero attached hydrogens (tertiary/aromatic N) is 2. The van der Waals surface area contributed by atoms with E-state index >= 15 is 0 Å². The number of amides is 8. The molecule has 1 aromatic rings. The van der Waals surface area contributed by atoms with Crippen molar-refractivity contribution < 1.29 is 78.9 Å². The van der Waals surface area contributed by atoms with Gasteiger partial charge in [0.05, 0.1) is 48.6 Å². The number of hydrogen-bond donors (Lipinski definition) is 13. The van der Waals surface area contributed by atoms with E-state index in [2.05, 4.69) is 47.4 Å². The van der Waals surface area contributed by atoms with Gasteiger partial charge in [-0.05, 0) is 55.7 Å². The summed E-state index contributed by atoms with van der Waals surface area (Å²) >= 11 is 0. The molecule has 0 aromatic heterocycles. The molecule has 0 radical (unpaired) electrons. The topological polar surface area (TPSA) is 388 Å². The molecule has 75 heavy (non-hydrogen) atoms. The van der Waals surface area contributed by atoms with E-state index in [1.807, 2.05) is 0 Å². The fourth-order valence-electron chi connectivity index (χ4n) is 9.94. The maximum Gasteiger partial charge on any atom is 0.248 e. The number of phenolic OH excluding ortho intramolecular Hbond substituents is 1. The summed E-state index contributed by atoms with van der Waals surface area (Å²) in [6, 6.07) is -7.49. The molecule has 3 fully saturated rings. The number of aliphatic hydroxyl groups excluding tert-OH is 6. The molecule has 0 spiro atoms. The van der Waals surface area contributed by atoms with Crippen LogP contribution in [-0.4, -0.2) is 192 Å². The van der Waals surface area contributed by atoms with Gasteiger partial charge < -0.3 is 77.9 Å². The zero-order chi connectivity index (χ0) is 55.7. The van der Waals surface area contributed by atoms with Crippen molar-refractivity contribution in [2.24, 2.45) is 17.6 Å². The van der Waals surface area contributed by atoms with Crippen molar-refractivity contribution >= 4 is 53.5 Å².